The van der Waals surface area contributed by atoms with Crippen LogP contribution in [0.4, 0.5) is 5.69 Å². The maximum absolute atomic E-state index is 12.5. The molecule has 0 unspecified atom stereocenters. The average molecular weight is 439 g/mol. The van der Waals surface area contributed by atoms with E-state index in [0.29, 0.717) is 45.1 Å². The summed E-state index contributed by atoms with van der Waals surface area (Å²) in [5, 5.41) is 8.64. The number of nitrogens with zero attached hydrogens (tertiary/aromatic N) is 4. The Kier molecular flexibility index (Phi) is 5.81. The van der Waals surface area contributed by atoms with E-state index in [4.69, 9.17) is 19.2 Å². The number of carbonyl (C=O) groups is 1. The fourth-order valence-corrected chi connectivity index (χ4v) is 3.88. The monoisotopic (exact) mass is 439 g/mol. The van der Waals surface area contributed by atoms with Gasteiger partial charge >= 0.3 is 0 Å². The molecule has 0 saturated heterocycles. The summed E-state index contributed by atoms with van der Waals surface area (Å²) in [5.74, 6) is 2.40. The molecule has 4 aromatic rings. The van der Waals surface area contributed by atoms with Gasteiger partial charge < -0.3 is 19.5 Å². The number of thioether (sulfide) groups is 1. The first-order valence-corrected chi connectivity index (χ1v) is 10.4. The van der Waals surface area contributed by atoms with Gasteiger partial charge in [-0.2, -0.15) is 4.52 Å². The maximum atomic E-state index is 12.5. The summed E-state index contributed by atoms with van der Waals surface area (Å²) in [6.45, 7) is 1.81. The molecule has 0 aliphatic carbocycles. The van der Waals surface area contributed by atoms with Crippen molar-refractivity contribution in [3.63, 3.8) is 0 Å². The first kappa shape index (κ1) is 20.7. The zero-order valence-electron chi connectivity index (χ0n) is 17.5. The van der Waals surface area contributed by atoms with Crippen LogP contribution < -0.4 is 19.5 Å². The Morgan fingerprint density at radius 2 is 1.84 bits per heavy atom. The molecular weight excluding hydrogens is 418 g/mol. The first-order valence-electron chi connectivity index (χ1n) is 9.38. The molecule has 2 heterocycles. The molecule has 0 radical (unpaired) electrons. The van der Waals surface area contributed by atoms with Crippen molar-refractivity contribution in [2.75, 3.05) is 32.4 Å². The van der Waals surface area contributed by atoms with Crippen LogP contribution in [0.1, 0.15) is 5.82 Å². The van der Waals surface area contributed by atoms with Crippen LogP contribution in [-0.2, 0) is 4.79 Å². The number of ether oxygens (including phenoxy) is 3. The summed E-state index contributed by atoms with van der Waals surface area (Å²) in [5.41, 5.74) is 1.97. The third kappa shape index (κ3) is 4.19. The summed E-state index contributed by atoms with van der Waals surface area (Å²) in [6, 6.07) is 10.8. The summed E-state index contributed by atoms with van der Waals surface area (Å²) in [4.78, 5) is 21.7. The van der Waals surface area contributed by atoms with Crippen molar-refractivity contribution in [2.45, 2.75) is 12.1 Å². The molecule has 4 rings (SSSR count). The van der Waals surface area contributed by atoms with Crippen molar-refractivity contribution in [2.24, 2.45) is 0 Å². The van der Waals surface area contributed by atoms with E-state index in [0.717, 1.165) is 5.39 Å². The number of nitrogens with one attached hydrogen (secondary N) is 1. The maximum Gasteiger partial charge on any atom is 0.234 e. The fraction of sp³-hybridized carbons (Fsp3) is 0.238. The van der Waals surface area contributed by atoms with E-state index in [1.54, 1.807) is 44.0 Å². The Morgan fingerprint density at radius 3 is 2.58 bits per heavy atom. The highest BCUT2D eigenvalue weighted by Crippen LogP contribution is 2.34. The number of hydrogen-bond donors (Lipinski definition) is 1. The standard InChI is InChI=1S/C21H21N5O4S/c1-12-22-20-15-9-17(29-3)18(30-4)10-16(15)24-21(26(20)25-12)31-11-19(27)23-13-6-5-7-14(8-13)28-2/h5-10H,11H2,1-4H3,(H,23,27). The van der Waals surface area contributed by atoms with Crippen molar-refractivity contribution >= 4 is 39.9 Å². The molecule has 0 aliphatic heterocycles. The largest absolute Gasteiger partial charge is 0.497 e. The summed E-state index contributed by atoms with van der Waals surface area (Å²) >= 11 is 1.27. The minimum atomic E-state index is -0.169. The van der Waals surface area contributed by atoms with Crippen LogP contribution in [0.5, 0.6) is 17.2 Å². The lowest BCUT2D eigenvalue weighted by molar-refractivity contribution is -0.113. The highest BCUT2D eigenvalue weighted by molar-refractivity contribution is 7.99. The second-order valence-corrected chi connectivity index (χ2v) is 7.52. The van der Waals surface area contributed by atoms with Crippen molar-refractivity contribution < 1.29 is 19.0 Å². The third-order valence-electron chi connectivity index (χ3n) is 4.54. The SMILES string of the molecule is COc1cccc(NC(=O)CSc2nc3cc(OC)c(OC)cc3c3nc(C)nn23)c1. The number of anilines is 1. The third-order valence-corrected chi connectivity index (χ3v) is 5.47. The smallest absolute Gasteiger partial charge is 0.234 e. The first-order chi connectivity index (χ1) is 15.0. The summed E-state index contributed by atoms with van der Waals surface area (Å²) in [7, 11) is 4.73. The Bertz CT molecular complexity index is 1270. The minimum absolute atomic E-state index is 0.150. The van der Waals surface area contributed by atoms with Crippen LogP contribution in [0.25, 0.3) is 16.6 Å². The molecule has 0 saturated carbocycles. The number of hydrogen-bond acceptors (Lipinski definition) is 8. The highest BCUT2D eigenvalue weighted by atomic mass is 32.2. The van der Waals surface area contributed by atoms with Crippen LogP contribution in [0.3, 0.4) is 0 Å². The highest BCUT2D eigenvalue weighted by Gasteiger charge is 2.17. The molecule has 10 heteroatoms. The number of aromatic nitrogens is 4. The summed E-state index contributed by atoms with van der Waals surface area (Å²) < 4.78 is 17.6. The van der Waals surface area contributed by atoms with Gasteiger partial charge in [0.25, 0.3) is 0 Å². The second kappa shape index (κ2) is 8.68. The molecule has 0 aliphatic rings. The predicted octanol–water partition coefficient (Wildman–Crippen LogP) is 3.34. The lowest BCUT2D eigenvalue weighted by Crippen LogP contribution is -2.14. The molecule has 160 valence electrons. The Balaban J connectivity index is 1.64. The van der Waals surface area contributed by atoms with Crippen LogP contribution >= 0.6 is 11.8 Å². The van der Waals surface area contributed by atoms with Gasteiger partial charge in [0.15, 0.2) is 22.3 Å². The molecule has 2 aromatic heterocycles. The minimum Gasteiger partial charge on any atom is -0.497 e. The fourth-order valence-electron chi connectivity index (χ4n) is 3.13. The molecule has 0 atom stereocenters. The number of methoxy groups -OCH3 is 3. The molecule has 31 heavy (non-hydrogen) atoms. The van der Waals surface area contributed by atoms with Crippen molar-refractivity contribution in [1.82, 2.24) is 19.6 Å². The number of amides is 1. The topological polar surface area (TPSA) is 99.9 Å². The lowest BCUT2D eigenvalue weighted by atomic mass is 10.2. The van der Waals surface area contributed by atoms with Gasteiger partial charge in [-0.25, -0.2) is 9.97 Å². The van der Waals surface area contributed by atoms with Crippen LogP contribution in [0, 0.1) is 6.92 Å². The van der Waals surface area contributed by atoms with Gasteiger partial charge in [0.2, 0.25) is 5.91 Å². The molecule has 9 nitrogen and oxygen atoms in total. The van der Waals surface area contributed by atoms with Gasteiger partial charge in [-0.05, 0) is 25.1 Å². The van der Waals surface area contributed by atoms with E-state index < -0.39 is 0 Å². The van der Waals surface area contributed by atoms with Crippen molar-refractivity contribution in [1.29, 1.82) is 0 Å². The molecule has 1 N–H and O–H groups in total. The van der Waals surface area contributed by atoms with E-state index in [9.17, 15) is 4.79 Å². The van der Waals surface area contributed by atoms with Gasteiger partial charge in [-0.1, -0.05) is 17.8 Å². The van der Waals surface area contributed by atoms with Crippen LogP contribution in [0.15, 0.2) is 41.6 Å². The van der Waals surface area contributed by atoms with E-state index in [1.807, 2.05) is 25.1 Å². The van der Waals surface area contributed by atoms with Crippen molar-refractivity contribution in [3.8, 4) is 17.2 Å². The zero-order valence-corrected chi connectivity index (χ0v) is 18.3. The zero-order chi connectivity index (χ0) is 22.0. The molecule has 0 fully saturated rings. The molecule has 0 spiro atoms. The molecular formula is C21H21N5O4S. The quantitative estimate of drug-likeness (QED) is 0.346. The number of benzene rings is 2. The normalized spacial score (nSPS) is 11.0. The van der Waals surface area contributed by atoms with E-state index in [-0.39, 0.29) is 11.7 Å². The number of fused-ring (bicyclic) bond motifs is 3. The number of carbonyl (C=O) groups excluding carboxylic acids is 1. The van der Waals surface area contributed by atoms with Gasteiger partial charge in [-0.3, -0.25) is 4.79 Å². The van der Waals surface area contributed by atoms with Crippen molar-refractivity contribution in [3.05, 3.63) is 42.2 Å². The Morgan fingerprint density at radius 1 is 1.06 bits per heavy atom. The van der Waals surface area contributed by atoms with Crippen LogP contribution in [-0.4, -0.2) is 52.6 Å². The average Bonchev–Trinajstić information content (AvgIpc) is 3.18. The lowest BCUT2D eigenvalue weighted by Gasteiger charge is -2.11. The van der Waals surface area contributed by atoms with Gasteiger partial charge in [0, 0.05) is 23.2 Å². The molecule has 2 aromatic carbocycles. The predicted molar refractivity (Wildman–Crippen MR) is 118 cm³/mol. The number of rotatable bonds is 7. The summed E-state index contributed by atoms with van der Waals surface area (Å²) in [6.07, 6.45) is 0. The van der Waals surface area contributed by atoms with Gasteiger partial charge in [0.05, 0.1) is 32.6 Å². The van der Waals surface area contributed by atoms with Gasteiger partial charge in [-0.15, -0.1) is 5.10 Å². The van der Waals surface area contributed by atoms with Gasteiger partial charge in [0.1, 0.15) is 11.6 Å². The number of aryl methyl sites for hydroxylation is 1. The Labute approximate surface area is 182 Å². The van der Waals surface area contributed by atoms with E-state index in [2.05, 4.69) is 15.4 Å². The Hall–Kier alpha value is -3.53. The molecule has 1 amide bonds. The van der Waals surface area contributed by atoms with E-state index in [1.165, 1.54) is 11.8 Å². The second-order valence-electron chi connectivity index (χ2n) is 6.58. The van der Waals surface area contributed by atoms with Crippen LogP contribution in [0.2, 0.25) is 0 Å². The van der Waals surface area contributed by atoms with E-state index >= 15 is 0 Å². The molecule has 0 bridgehead atoms.